The molecule has 0 aromatic heterocycles. The van der Waals surface area contributed by atoms with Gasteiger partial charge in [0.1, 0.15) is 17.3 Å². The van der Waals surface area contributed by atoms with E-state index >= 15 is 0 Å². The molecule has 0 aliphatic carbocycles. The standard InChI is InChI=1S/C16H17N3O4.ClH/c1-23-13-7-10(6-12(20)8-13)14(16(21)22)19-11-4-2-9(3-5-11)15(17)18;/h2-8,14,19-20H,1H3,(H3,17,18)(H,21,22);1H. The predicted octanol–water partition coefficient (Wildman–Crippen LogP) is 2.34. The van der Waals surface area contributed by atoms with Crippen molar-refractivity contribution < 1.29 is 19.7 Å². The number of halogens is 1. The number of nitrogens with one attached hydrogen (secondary N) is 2. The summed E-state index contributed by atoms with van der Waals surface area (Å²) in [6.45, 7) is 0. The molecule has 2 rings (SSSR count). The number of methoxy groups -OCH3 is 1. The molecular weight excluding hydrogens is 334 g/mol. The van der Waals surface area contributed by atoms with E-state index in [2.05, 4.69) is 5.32 Å². The summed E-state index contributed by atoms with van der Waals surface area (Å²) in [4.78, 5) is 11.6. The van der Waals surface area contributed by atoms with Crippen molar-refractivity contribution in [1.82, 2.24) is 0 Å². The summed E-state index contributed by atoms with van der Waals surface area (Å²) in [5, 5.41) is 29.3. The normalized spacial score (nSPS) is 11.0. The van der Waals surface area contributed by atoms with Crippen molar-refractivity contribution in [3.63, 3.8) is 0 Å². The summed E-state index contributed by atoms with van der Waals surface area (Å²) in [7, 11) is 1.43. The largest absolute Gasteiger partial charge is 0.508 e. The van der Waals surface area contributed by atoms with Crippen LogP contribution in [-0.4, -0.2) is 29.1 Å². The summed E-state index contributed by atoms with van der Waals surface area (Å²) in [5.41, 5.74) is 6.82. The Labute approximate surface area is 145 Å². The van der Waals surface area contributed by atoms with E-state index < -0.39 is 12.0 Å². The highest BCUT2D eigenvalue weighted by atomic mass is 35.5. The van der Waals surface area contributed by atoms with E-state index in [0.717, 1.165) is 0 Å². The van der Waals surface area contributed by atoms with Crippen LogP contribution in [0.2, 0.25) is 0 Å². The lowest BCUT2D eigenvalue weighted by Gasteiger charge is -2.17. The number of aliphatic carboxylic acids is 1. The maximum Gasteiger partial charge on any atom is 0.330 e. The summed E-state index contributed by atoms with van der Waals surface area (Å²) >= 11 is 0. The van der Waals surface area contributed by atoms with Crippen molar-refractivity contribution in [2.45, 2.75) is 6.04 Å². The molecule has 2 aromatic rings. The number of hydrogen-bond acceptors (Lipinski definition) is 5. The van der Waals surface area contributed by atoms with Crippen LogP contribution in [0.4, 0.5) is 5.69 Å². The number of carboxylic acids is 1. The smallest absolute Gasteiger partial charge is 0.330 e. The molecule has 0 fully saturated rings. The zero-order valence-corrected chi connectivity index (χ0v) is 13.6. The molecule has 2 aromatic carbocycles. The van der Waals surface area contributed by atoms with Gasteiger partial charge in [-0.15, -0.1) is 12.4 Å². The first-order chi connectivity index (χ1) is 10.9. The second-order valence-electron chi connectivity index (χ2n) is 4.87. The molecule has 128 valence electrons. The molecule has 0 heterocycles. The third-order valence-corrected chi connectivity index (χ3v) is 3.24. The lowest BCUT2D eigenvalue weighted by molar-refractivity contribution is -0.138. The highest BCUT2D eigenvalue weighted by molar-refractivity contribution is 5.95. The third kappa shape index (κ3) is 4.53. The van der Waals surface area contributed by atoms with Gasteiger partial charge in [-0.1, -0.05) is 0 Å². The molecule has 7 nitrogen and oxygen atoms in total. The van der Waals surface area contributed by atoms with Crippen LogP contribution in [0.3, 0.4) is 0 Å². The van der Waals surface area contributed by atoms with Crippen molar-refractivity contribution >= 4 is 29.9 Å². The van der Waals surface area contributed by atoms with Gasteiger partial charge in [-0.05, 0) is 42.0 Å². The second-order valence-corrected chi connectivity index (χ2v) is 4.87. The lowest BCUT2D eigenvalue weighted by Crippen LogP contribution is -2.20. The van der Waals surface area contributed by atoms with Crippen molar-refractivity contribution in [3.05, 3.63) is 53.6 Å². The van der Waals surface area contributed by atoms with Gasteiger partial charge >= 0.3 is 5.97 Å². The number of amidine groups is 1. The number of phenols is 1. The Morgan fingerprint density at radius 3 is 2.38 bits per heavy atom. The molecule has 6 N–H and O–H groups in total. The Hall–Kier alpha value is -2.93. The van der Waals surface area contributed by atoms with Crippen molar-refractivity contribution in [3.8, 4) is 11.5 Å². The Balaban J connectivity index is 0.00000288. The maximum atomic E-state index is 11.6. The molecule has 0 radical (unpaired) electrons. The van der Waals surface area contributed by atoms with E-state index in [-0.39, 0.29) is 24.0 Å². The second kappa shape index (κ2) is 8.07. The molecule has 0 amide bonds. The van der Waals surface area contributed by atoms with Gasteiger partial charge in [0, 0.05) is 17.3 Å². The van der Waals surface area contributed by atoms with Crippen LogP contribution < -0.4 is 15.8 Å². The Kier molecular flexibility index (Phi) is 6.43. The number of anilines is 1. The van der Waals surface area contributed by atoms with Crippen LogP contribution in [0.1, 0.15) is 17.2 Å². The van der Waals surface area contributed by atoms with Crippen molar-refractivity contribution in [2.75, 3.05) is 12.4 Å². The molecule has 0 aliphatic heterocycles. The first kappa shape index (κ1) is 19.1. The third-order valence-electron chi connectivity index (χ3n) is 3.24. The fraction of sp³-hybridized carbons (Fsp3) is 0.125. The van der Waals surface area contributed by atoms with Crippen molar-refractivity contribution in [1.29, 1.82) is 5.41 Å². The first-order valence-corrected chi connectivity index (χ1v) is 6.72. The number of hydrogen-bond donors (Lipinski definition) is 5. The highest BCUT2D eigenvalue weighted by Gasteiger charge is 2.21. The number of aromatic hydroxyl groups is 1. The minimum absolute atomic E-state index is 0. The molecule has 0 saturated carbocycles. The van der Waals surface area contributed by atoms with Crippen LogP contribution in [0, 0.1) is 5.41 Å². The van der Waals surface area contributed by atoms with E-state index in [9.17, 15) is 15.0 Å². The number of nitrogens with two attached hydrogens (primary N) is 1. The fourth-order valence-electron chi connectivity index (χ4n) is 2.09. The lowest BCUT2D eigenvalue weighted by atomic mass is 10.1. The van der Waals surface area contributed by atoms with E-state index in [1.165, 1.54) is 25.3 Å². The summed E-state index contributed by atoms with van der Waals surface area (Å²) in [6.07, 6.45) is 0. The number of phenolic OH excluding ortho intramolecular Hbond substituents is 1. The number of ether oxygens (including phenoxy) is 1. The average Bonchev–Trinajstić information content (AvgIpc) is 2.52. The minimum Gasteiger partial charge on any atom is -0.508 e. The van der Waals surface area contributed by atoms with Gasteiger partial charge in [-0.25, -0.2) is 4.79 Å². The SMILES string of the molecule is COc1cc(O)cc(C(Nc2ccc(C(=N)N)cc2)C(=O)O)c1.Cl. The van der Waals surface area contributed by atoms with Gasteiger partial charge in [0.2, 0.25) is 0 Å². The Morgan fingerprint density at radius 2 is 1.88 bits per heavy atom. The summed E-state index contributed by atoms with van der Waals surface area (Å²) in [6, 6.07) is 9.72. The molecule has 24 heavy (non-hydrogen) atoms. The molecule has 8 heteroatoms. The molecule has 0 aliphatic rings. The highest BCUT2D eigenvalue weighted by Crippen LogP contribution is 2.28. The average molecular weight is 352 g/mol. The van der Waals surface area contributed by atoms with Crippen molar-refractivity contribution in [2.24, 2.45) is 5.73 Å². The van der Waals surface area contributed by atoms with E-state index in [1.807, 2.05) is 0 Å². The van der Waals surface area contributed by atoms with Crippen LogP contribution in [0.15, 0.2) is 42.5 Å². The number of carbonyl (C=O) groups is 1. The van der Waals surface area contributed by atoms with Gasteiger partial charge in [0.05, 0.1) is 7.11 Å². The van der Waals surface area contributed by atoms with E-state index in [4.69, 9.17) is 15.9 Å². The number of nitrogen functional groups attached to an aromatic ring is 1. The number of carboxylic acid groups (broad SMARTS) is 1. The monoisotopic (exact) mass is 351 g/mol. The van der Waals surface area contributed by atoms with E-state index in [1.54, 1.807) is 24.3 Å². The van der Waals surface area contributed by atoms with Gasteiger partial charge in [-0.2, -0.15) is 0 Å². The zero-order valence-electron chi connectivity index (χ0n) is 12.8. The van der Waals surface area contributed by atoms with Crippen LogP contribution >= 0.6 is 12.4 Å². The zero-order chi connectivity index (χ0) is 17.0. The molecular formula is C16H18ClN3O4. The molecule has 1 unspecified atom stereocenters. The van der Waals surface area contributed by atoms with Gasteiger partial charge in [-0.3, -0.25) is 5.41 Å². The fourth-order valence-corrected chi connectivity index (χ4v) is 2.09. The quantitative estimate of drug-likeness (QED) is 0.401. The molecule has 0 saturated heterocycles. The molecule has 1 atom stereocenters. The molecule has 0 spiro atoms. The minimum atomic E-state index is -1.10. The topological polar surface area (TPSA) is 129 Å². The van der Waals surface area contributed by atoms with E-state index in [0.29, 0.717) is 22.6 Å². The maximum absolute atomic E-state index is 11.6. The number of benzene rings is 2. The van der Waals surface area contributed by atoms with Gasteiger partial charge < -0.3 is 26.0 Å². The molecule has 0 bridgehead atoms. The van der Waals surface area contributed by atoms with Crippen LogP contribution in [0.5, 0.6) is 11.5 Å². The Bertz CT molecular complexity index is 735. The predicted molar refractivity (Wildman–Crippen MR) is 93.4 cm³/mol. The van der Waals surface area contributed by atoms with Crippen LogP contribution in [0.25, 0.3) is 0 Å². The van der Waals surface area contributed by atoms with Gasteiger partial charge in [0.25, 0.3) is 0 Å². The Morgan fingerprint density at radius 1 is 1.25 bits per heavy atom. The van der Waals surface area contributed by atoms with Crippen LogP contribution in [-0.2, 0) is 4.79 Å². The van der Waals surface area contributed by atoms with Gasteiger partial charge in [0.15, 0.2) is 6.04 Å². The summed E-state index contributed by atoms with van der Waals surface area (Å²) in [5.74, 6) is -0.892. The first-order valence-electron chi connectivity index (χ1n) is 6.72. The summed E-state index contributed by atoms with van der Waals surface area (Å²) < 4.78 is 5.04. The number of rotatable bonds is 6.